The molecule has 2 aromatic carbocycles. The number of benzene rings is 2. The second-order valence-corrected chi connectivity index (χ2v) is 6.46. The fourth-order valence-corrected chi connectivity index (χ4v) is 2.63. The first-order valence-electron chi connectivity index (χ1n) is 7.57. The van der Waals surface area contributed by atoms with E-state index < -0.39 is 0 Å². The van der Waals surface area contributed by atoms with Gasteiger partial charge in [-0.1, -0.05) is 64.1 Å². The van der Waals surface area contributed by atoms with Crippen LogP contribution in [0.3, 0.4) is 0 Å². The first kappa shape index (κ1) is 15.4. The van der Waals surface area contributed by atoms with Crippen LogP contribution >= 0.6 is 0 Å². The topological polar surface area (TPSA) is 32.3 Å². The number of aromatic hydroxyl groups is 1. The van der Waals surface area contributed by atoms with Crippen LogP contribution in [0, 0.1) is 0 Å². The van der Waals surface area contributed by atoms with Crippen LogP contribution in [0.15, 0.2) is 48.5 Å². The molecule has 0 fully saturated rings. The molecule has 1 atom stereocenters. The first-order valence-corrected chi connectivity index (χ1v) is 7.57. The predicted molar refractivity (Wildman–Crippen MR) is 89.9 cm³/mol. The maximum atomic E-state index is 10.1. The third kappa shape index (κ3) is 3.57. The zero-order chi connectivity index (χ0) is 15.5. The predicted octanol–water partition coefficient (Wildman–Crippen LogP) is 5.25. The van der Waals surface area contributed by atoms with Crippen molar-refractivity contribution in [3.63, 3.8) is 0 Å². The van der Waals surface area contributed by atoms with Crippen LogP contribution in [0.1, 0.15) is 51.3 Å². The molecule has 0 amide bonds. The summed E-state index contributed by atoms with van der Waals surface area (Å²) in [5.74, 6) is 0.352. The Balaban J connectivity index is 2.34. The van der Waals surface area contributed by atoms with Crippen molar-refractivity contribution in [1.29, 1.82) is 0 Å². The molecule has 1 unspecified atom stereocenters. The van der Waals surface area contributed by atoms with Gasteiger partial charge in [0.25, 0.3) is 0 Å². The lowest BCUT2D eigenvalue weighted by Gasteiger charge is -2.27. The molecular formula is C19H25NO. The lowest BCUT2D eigenvalue weighted by atomic mass is 9.85. The van der Waals surface area contributed by atoms with Crippen LogP contribution in [0.25, 0.3) is 0 Å². The Morgan fingerprint density at radius 3 is 2.24 bits per heavy atom. The van der Waals surface area contributed by atoms with Crippen LogP contribution < -0.4 is 5.32 Å². The van der Waals surface area contributed by atoms with Crippen molar-refractivity contribution < 1.29 is 5.11 Å². The Morgan fingerprint density at radius 1 is 1.00 bits per heavy atom. The van der Waals surface area contributed by atoms with E-state index in [1.165, 1.54) is 5.56 Å². The molecule has 0 bridgehead atoms. The highest BCUT2D eigenvalue weighted by Gasteiger charge is 2.20. The highest BCUT2D eigenvalue weighted by atomic mass is 16.3. The summed E-state index contributed by atoms with van der Waals surface area (Å²) in [6, 6.07) is 16.1. The summed E-state index contributed by atoms with van der Waals surface area (Å²) in [5, 5.41) is 13.7. The average Bonchev–Trinajstić information content (AvgIpc) is 2.45. The van der Waals surface area contributed by atoms with Crippen LogP contribution in [0.5, 0.6) is 5.75 Å². The van der Waals surface area contributed by atoms with Gasteiger partial charge < -0.3 is 10.4 Å². The summed E-state index contributed by atoms with van der Waals surface area (Å²) < 4.78 is 0. The van der Waals surface area contributed by atoms with Gasteiger partial charge in [0.05, 0.1) is 6.04 Å². The van der Waals surface area contributed by atoms with Gasteiger partial charge in [0.1, 0.15) is 5.75 Å². The number of para-hydroxylation sites is 2. The molecule has 0 saturated carbocycles. The van der Waals surface area contributed by atoms with Gasteiger partial charge in [-0.05, 0) is 29.5 Å². The molecule has 2 heteroatoms. The summed E-state index contributed by atoms with van der Waals surface area (Å²) in [6.45, 7) is 8.78. The first-order chi connectivity index (χ1) is 9.93. The van der Waals surface area contributed by atoms with Gasteiger partial charge in [0.2, 0.25) is 0 Å². The Bertz CT molecular complexity index is 599. The van der Waals surface area contributed by atoms with E-state index in [0.717, 1.165) is 17.7 Å². The lowest BCUT2D eigenvalue weighted by molar-refractivity contribution is 0.462. The molecule has 0 heterocycles. The third-order valence-corrected chi connectivity index (χ3v) is 3.79. The summed E-state index contributed by atoms with van der Waals surface area (Å²) in [5.41, 5.74) is 3.46. The largest absolute Gasteiger partial charge is 0.508 e. The average molecular weight is 283 g/mol. The minimum atomic E-state index is 0.0839. The highest BCUT2D eigenvalue weighted by molar-refractivity contribution is 5.56. The van der Waals surface area contributed by atoms with E-state index in [4.69, 9.17) is 0 Å². The molecule has 2 N–H and O–H groups in total. The minimum Gasteiger partial charge on any atom is -0.508 e. The molecule has 112 valence electrons. The van der Waals surface area contributed by atoms with Crippen molar-refractivity contribution in [2.45, 2.75) is 45.6 Å². The Morgan fingerprint density at radius 2 is 1.62 bits per heavy atom. The molecule has 2 aromatic rings. The fourth-order valence-electron chi connectivity index (χ4n) is 2.63. The van der Waals surface area contributed by atoms with E-state index in [1.54, 1.807) is 6.07 Å². The smallest absolute Gasteiger partial charge is 0.120 e. The zero-order valence-corrected chi connectivity index (χ0v) is 13.4. The van der Waals surface area contributed by atoms with E-state index in [0.29, 0.717) is 5.75 Å². The monoisotopic (exact) mass is 283 g/mol. The normalized spacial score (nSPS) is 13.0. The highest BCUT2D eigenvalue weighted by Crippen LogP contribution is 2.34. The molecule has 0 aromatic heterocycles. The van der Waals surface area contributed by atoms with Gasteiger partial charge in [-0.15, -0.1) is 0 Å². The van der Waals surface area contributed by atoms with Crippen molar-refractivity contribution >= 4 is 5.69 Å². The lowest BCUT2D eigenvalue weighted by Crippen LogP contribution is -2.17. The molecule has 0 spiro atoms. The van der Waals surface area contributed by atoms with Crippen molar-refractivity contribution in [3.05, 3.63) is 59.7 Å². The standard InChI is InChI=1S/C19H25NO/c1-5-16(14-10-6-9-13-18(14)21)20-17-12-8-7-11-15(17)19(2,3)4/h6-13,16,20-21H,5H2,1-4H3. The van der Waals surface area contributed by atoms with E-state index >= 15 is 0 Å². The molecule has 0 radical (unpaired) electrons. The SMILES string of the molecule is CCC(Nc1ccccc1C(C)(C)C)c1ccccc1O. The summed E-state index contributed by atoms with van der Waals surface area (Å²) in [7, 11) is 0. The van der Waals surface area contributed by atoms with Gasteiger partial charge in [0, 0.05) is 11.3 Å². The van der Waals surface area contributed by atoms with Gasteiger partial charge in [-0.2, -0.15) is 0 Å². The number of anilines is 1. The molecular weight excluding hydrogens is 258 g/mol. The van der Waals surface area contributed by atoms with Crippen LogP contribution in [0.2, 0.25) is 0 Å². The second-order valence-electron chi connectivity index (χ2n) is 6.46. The summed E-state index contributed by atoms with van der Waals surface area (Å²) in [4.78, 5) is 0. The number of hydrogen-bond acceptors (Lipinski definition) is 2. The van der Waals surface area contributed by atoms with E-state index in [9.17, 15) is 5.11 Å². The Hall–Kier alpha value is -1.96. The van der Waals surface area contributed by atoms with Gasteiger partial charge in [-0.25, -0.2) is 0 Å². The zero-order valence-electron chi connectivity index (χ0n) is 13.4. The summed E-state index contributed by atoms with van der Waals surface area (Å²) >= 11 is 0. The van der Waals surface area contributed by atoms with Crippen molar-refractivity contribution in [3.8, 4) is 5.75 Å². The van der Waals surface area contributed by atoms with Crippen LogP contribution in [-0.2, 0) is 5.41 Å². The van der Waals surface area contributed by atoms with Crippen LogP contribution in [-0.4, -0.2) is 5.11 Å². The molecule has 2 nitrogen and oxygen atoms in total. The molecule has 0 saturated heterocycles. The quantitative estimate of drug-likeness (QED) is 0.803. The molecule has 0 aliphatic heterocycles. The Labute approximate surface area is 127 Å². The van der Waals surface area contributed by atoms with Gasteiger partial charge in [0.15, 0.2) is 0 Å². The van der Waals surface area contributed by atoms with Crippen molar-refractivity contribution in [2.24, 2.45) is 0 Å². The van der Waals surface area contributed by atoms with Gasteiger partial charge >= 0.3 is 0 Å². The second kappa shape index (κ2) is 6.21. The molecule has 0 aliphatic carbocycles. The number of rotatable bonds is 4. The minimum absolute atomic E-state index is 0.0839. The summed E-state index contributed by atoms with van der Waals surface area (Å²) in [6.07, 6.45) is 0.913. The Kier molecular flexibility index (Phi) is 4.56. The molecule has 21 heavy (non-hydrogen) atoms. The third-order valence-electron chi connectivity index (χ3n) is 3.79. The maximum Gasteiger partial charge on any atom is 0.120 e. The van der Waals surface area contributed by atoms with Crippen molar-refractivity contribution in [1.82, 2.24) is 0 Å². The number of nitrogens with one attached hydrogen (secondary N) is 1. The number of phenols is 1. The van der Waals surface area contributed by atoms with E-state index in [2.05, 4.69) is 57.3 Å². The fraction of sp³-hybridized carbons (Fsp3) is 0.368. The van der Waals surface area contributed by atoms with Gasteiger partial charge in [-0.3, -0.25) is 0 Å². The maximum absolute atomic E-state index is 10.1. The van der Waals surface area contributed by atoms with E-state index in [-0.39, 0.29) is 11.5 Å². The van der Waals surface area contributed by atoms with Crippen LogP contribution in [0.4, 0.5) is 5.69 Å². The number of hydrogen-bond donors (Lipinski definition) is 2. The van der Waals surface area contributed by atoms with Crippen molar-refractivity contribution in [2.75, 3.05) is 5.32 Å². The molecule has 2 rings (SSSR count). The molecule has 0 aliphatic rings. The number of phenolic OH excluding ortho intramolecular Hbond substituents is 1. The van der Waals surface area contributed by atoms with E-state index in [1.807, 2.05) is 18.2 Å².